The minimum absolute atomic E-state index is 1.08. The molecule has 0 fully saturated rings. The molecule has 0 spiro atoms. The Morgan fingerprint density at radius 2 is 2.57 bits per heavy atom. The lowest BCUT2D eigenvalue weighted by Gasteiger charge is -2.08. The molecule has 0 amide bonds. The van der Waals surface area contributed by atoms with Crippen LogP contribution in [0.2, 0.25) is 0 Å². The van der Waals surface area contributed by atoms with Crippen molar-refractivity contribution in [3.05, 3.63) is 11.1 Å². The Morgan fingerprint density at radius 1 is 1.86 bits per heavy atom. The summed E-state index contributed by atoms with van der Waals surface area (Å²) in [5.41, 5.74) is 1.25. The van der Waals surface area contributed by atoms with Crippen LogP contribution < -0.4 is 0 Å². The minimum atomic E-state index is 1.08. The molecule has 1 nitrogen and oxygen atoms in total. The Kier molecular flexibility index (Phi) is 1.28. The van der Waals surface area contributed by atoms with E-state index in [9.17, 15) is 0 Å². The molecule has 0 aromatic heterocycles. The molecule has 0 aromatic rings. The van der Waals surface area contributed by atoms with Crippen LogP contribution >= 0.6 is 11.8 Å². The highest BCUT2D eigenvalue weighted by Gasteiger charge is 2.04. The molecule has 0 unspecified atom stereocenters. The maximum atomic E-state index is 3.13. The summed E-state index contributed by atoms with van der Waals surface area (Å²) in [6, 6.07) is 0. The SMILES string of the molecule is CC1=[C]SCN1C. The van der Waals surface area contributed by atoms with E-state index >= 15 is 0 Å². The Hall–Kier alpha value is -0.110. The van der Waals surface area contributed by atoms with Crippen molar-refractivity contribution in [2.45, 2.75) is 6.92 Å². The third-order valence-electron chi connectivity index (χ3n) is 1.05. The maximum Gasteiger partial charge on any atom is 0.0680 e. The summed E-state index contributed by atoms with van der Waals surface area (Å²) >= 11 is 1.73. The lowest BCUT2D eigenvalue weighted by molar-refractivity contribution is 0.504. The predicted octanol–water partition coefficient (Wildman–Crippen LogP) is 1.29. The Labute approximate surface area is 48.4 Å². The van der Waals surface area contributed by atoms with Gasteiger partial charge in [0.05, 0.1) is 5.88 Å². The van der Waals surface area contributed by atoms with Crippen molar-refractivity contribution in [3.8, 4) is 0 Å². The van der Waals surface area contributed by atoms with E-state index in [0.29, 0.717) is 0 Å². The number of hydrogen-bond acceptors (Lipinski definition) is 2. The van der Waals surface area contributed by atoms with Gasteiger partial charge in [0, 0.05) is 18.2 Å². The fourth-order valence-corrected chi connectivity index (χ4v) is 1.22. The number of thioether (sulfide) groups is 1. The van der Waals surface area contributed by atoms with Crippen LogP contribution in [0, 0.1) is 5.41 Å². The lowest BCUT2D eigenvalue weighted by Crippen LogP contribution is -2.08. The quantitative estimate of drug-likeness (QED) is 0.467. The van der Waals surface area contributed by atoms with Gasteiger partial charge in [0.1, 0.15) is 0 Å². The Morgan fingerprint density at radius 3 is 2.71 bits per heavy atom. The minimum Gasteiger partial charge on any atom is -0.368 e. The molecule has 0 aromatic carbocycles. The highest BCUT2D eigenvalue weighted by atomic mass is 32.2. The molecule has 0 atom stereocenters. The van der Waals surface area contributed by atoms with E-state index in [4.69, 9.17) is 0 Å². The predicted molar refractivity (Wildman–Crippen MR) is 32.7 cm³/mol. The Balaban J connectivity index is 2.54. The van der Waals surface area contributed by atoms with Crippen LogP contribution in [-0.4, -0.2) is 17.8 Å². The number of nitrogens with zero attached hydrogens (tertiary/aromatic N) is 1. The van der Waals surface area contributed by atoms with Crippen LogP contribution in [0.15, 0.2) is 5.70 Å². The third-order valence-corrected chi connectivity index (χ3v) is 2.01. The molecule has 2 heteroatoms. The van der Waals surface area contributed by atoms with Crippen molar-refractivity contribution in [2.75, 3.05) is 12.9 Å². The number of hydrogen-bond donors (Lipinski definition) is 0. The smallest absolute Gasteiger partial charge is 0.0680 e. The summed E-state index contributed by atoms with van der Waals surface area (Å²) in [6.07, 6.45) is 0. The molecule has 1 rings (SSSR count). The average Bonchev–Trinajstić information content (AvgIpc) is 1.91. The van der Waals surface area contributed by atoms with E-state index in [2.05, 4.69) is 24.3 Å². The fraction of sp³-hybridized carbons (Fsp3) is 0.600. The molecule has 0 N–H and O–H groups in total. The molecule has 0 aliphatic carbocycles. The molecule has 0 saturated heterocycles. The van der Waals surface area contributed by atoms with Gasteiger partial charge >= 0.3 is 0 Å². The largest absolute Gasteiger partial charge is 0.368 e. The molecule has 0 saturated carbocycles. The van der Waals surface area contributed by atoms with Gasteiger partial charge < -0.3 is 4.90 Å². The average molecular weight is 114 g/mol. The molecule has 0 bridgehead atoms. The van der Waals surface area contributed by atoms with Crippen LogP contribution in [0.3, 0.4) is 0 Å². The van der Waals surface area contributed by atoms with E-state index in [1.165, 1.54) is 5.70 Å². The van der Waals surface area contributed by atoms with E-state index < -0.39 is 0 Å². The first kappa shape index (κ1) is 5.04. The molecule has 1 aliphatic heterocycles. The first-order valence-corrected chi connectivity index (χ1v) is 3.22. The second-order valence-corrected chi connectivity index (χ2v) is 2.41. The number of allylic oxidation sites excluding steroid dienone is 1. The van der Waals surface area contributed by atoms with E-state index in [-0.39, 0.29) is 0 Å². The first-order chi connectivity index (χ1) is 3.30. The van der Waals surface area contributed by atoms with Crippen LogP contribution in [0.25, 0.3) is 0 Å². The maximum absolute atomic E-state index is 3.13. The molecule has 7 heavy (non-hydrogen) atoms. The van der Waals surface area contributed by atoms with Crippen LogP contribution in [0.1, 0.15) is 6.92 Å². The monoisotopic (exact) mass is 114 g/mol. The zero-order chi connectivity index (χ0) is 5.28. The molecule has 1 radical (unpaired) electrons. The van der Waals surface area contributed by atoms with Crippen molar-refractivity contribution in [1.82, 2.24) is 4.90 Å². The normalized spacial score (nSPS) is 20.3. The standard InChI is InChI=1S/C5H8NS/c1-5-3-7-4-6(5)2/h4H2,1-2H3. The van der Waals surface area contributed by atoms with Crippen molar-refractivity contribution in [1.29, 1.82) is 0 Å². The molecule has 1 aliphatic rings. The van der Waals surface area contributed by atoms with Gasteiger partial charge in [-0.2, -0.15) is 0 Å². The van der Waals surface area contributed by atoms with Gasteiger partial charge in [0.15, 0.2) is 0 Å². The summed E-state index contributed by atoms with van der Waals surface area (Å²) in [7, 11) is 2.07. The van der Waals surface area contributed by atoms with E-state index in [1.54, 1.807) is 11.8 Å². The van der Waals surface area contributed by atoms with E-state index in [0.717, 1.165) is 5.88 Å². The van der Waals surface area contributed by atoms with Gasteiger partial charge in [-0.3, -0.25) is 0 Å². The summed E-state index contributed by atoms with van der Waals surface area (Å²) in [6.45, 7) is 2.07. The molecular weight excluding hydrogens is 106 g/mol. The van der Waals surface area contributed by atoms with Gasteiger partial charge in [0.2, 0.25) is 0 Å². The summed E-state index contributed by atoms with van der Waals surface area (Å²) in [5, 5.41) is 3.13. The van der Waals surface area contributed by atoms with Crippen LogP contribution in [-0.2, 0) is 0 Å². The highest BCUT2D eigenvalue weighted by Crippen LogP contribution is 2.18. The van der Waals surface area contributed by atoms with Gasteiger partial charge in [0.25, 0.3) is 0 Å². The van der Waals surface area contributed by atoms with Crippen molar-refractivity contribution >= 4 is 11.8 Å². The third kappa shape index (κ3) is 0.911. The molecular formula is C5H8NS. The van der Waals surface area contributed by atoms with Gasteiger partial charge in [-0.15, -0.1) is 11.8 Å². The zero-order valence-corrected chi connectivity index (χ0v) is 5.38. The second-order valence-electron chi connectivity index (χ2n) is 1.66. The topological polar surface area (TPSA) is 3.24 Å². The van der Waals surface area contributed by atoms with Gasteiger partial charge in [-0.1, -0.05) is 0 Å². The molecule has 1 heterocycles. The van der Waals surface area contributed by atoms with Gasteiger partial charge in [-0.05, 0) is 6.92 Å². The lowest BCUT2D eigenvalue weighted by atomic mass is 10.5. The fourth-order valence-electron chi connectivity index (χ4n) is 0.408. The Bertz CT molecular complexity index is 98.3. The van der Waals surface area contributed by atoms with Crippen molar-refractivity contribution in [3.63, 3.8) is 0 Å². The zero-order valence-electron chi connectivity index (χ0n) is 4.56. The number of rotatable bonds is 0. The van der Waals surface area contributed by atoms with Gasteiger partial charge in [-0.25, -0.2) is 0 Å². The molecule has 39 valence electrons. The second kappa shape index (κ2) is 1.78. The van der Waals surface area contributed by atoms with Crippen LogP contribution in [0.4, 0.5) is 0 Å². The van der Waals surface area contributed by atoms with Crippen LogP contribution in [0.5, 0.6) is 0 Å². The van der Waals surface area contributed by atoms with Crippen molar-refractivity contribution in [2.24, 2.45) is 0 Å². The van der Waals surface area contributed by atoms with Crippen molar-refractivity contribution < 1.29 is 0 Å². The highest BCUT2D eigenvalue weighted by molar-refractivity contribution is 8.01. The summed E-state index contributed by atoms with van der Waals surface area (Å²) in [4.78, 5) is 2.17. The summed E-state index contributed by atoms with van der Waals surface area (Å²) < 4.78 is 0. The summed E-state index contributed by atoms with van der Waals surface area (Å²) in [5.74, 6) is 1.08. The first-order valence-electron chi connectivity index (χ1n) is 2.23. The van der Waals surface area contributed by atoms with E-state index in [1.807, 2.05) is 0 Å².